The number of aliphatic hydroxyl groups excluding tert-OH is 1. The van der Waals surface area contributed by atoms with Crippen molar-refractivity contribution >= 4 is 17.6 Å². The van der Waals surface area contributed by atoms with E-state index in [2.05, 4.69) is 9.97 Å². The molecule has 5 nitrogen and oxygen atoms in total. The molecule has 1 heterocycles. The van der Waals surface area contributed by atoms with Gasteiger partial charge in [-0.1, -0.05) is 23.9 Å². The summed E-state index contributed by atoms with van der Waals surface area (Å²) >= 11 is 1.33. The number of nitrogens with one attached hydrogen (secondary N) is 1. The number of rotatable bonds is 3. The zero-order valence-corrected chi connectivity index (χ0v) is 10.6. The third-order valence-electron chi connectivity index (χ3n) is 2.37. The van der Waals surface area contributed by atoms with E-state index in [9.17, 15) is 4.79 Å². The normalized spacial score (nSPS) is 10.6. The van der Waals surface area contributed by atoms with Crippen LogP contribution in [-0.2, 0) is 6.61 Å². The lowest BCUT2D eigenvalue weighted by atomic mass is 10.1. The smallest absolute Gasteiger partial charge is 0.253 e. The molecule has 94 valence electrons. The number of aryl methyl sites for hydroxylation is 1. The summed E-state index contributed by atoms with van der Waals surface area (Å²) in [5.74, 6) is 0.200. The van der Waals surface area contributed by atoms with Crippen LogP contribution in [0, 0.1) is 6.92 Å². The van der Waals surface area contributed by atoms with Crippen molar-refractivity contribution in [2.24, 2.45) is 0 Å². The molecule has 1 aromatic carbocycles. The van der Waals surface area contributed by atoms with Gasteiger partial charge in [-0.15, -0.1) is 0 Å². The number of H-pyrrole nitrogens is 1. The van der Waals surface area contributed by atoms with Gasteiger partial charge in [-0.05, 0) is 24.1 Å². The Hall–Kier alpha value is -1.79. The van der Waals surface area contributed by atoms with Crippen molar-refractivity contribution in [1.82, 2.24) is 9.97 Å². The van der Waals surface area contributed by atoms with Crippen LogP contribution in [0.1, 0.15) is 11.1 Å². The van der Waals surface area contributed by atoms with Crippen LogP contribution >= 0.6 is 11.8 Å². The van der Waals surface area contributed by atoms with Gasteiger partial charge in [0.15, 0.2) is 5.16 Å². The highest BCUT2D eigenvalue weighted by Gasteiger charge is 2.05. The highest BCUT2D eigenvalue weighted by atomic mass is 32.2. The van der Waals surface area contributed by atoms with Crippen LogP contribution in [0.15, 0.2) is 39.1 Å². The predicted octanol–water partition coefficient (Wildman–Crippen LogP) is 1.30. The van der Waals surface area contributed by atoms with Crippen LogP contribution in [0.5, 0.6) is 0 Å². The van der Waals surface area contributed by atoms with Crippen molar-refractivity contribution in [2.75, 3.05) is 5.73 Å². The average molecular weight is 263 g/mol. The summed E-state index contributed by atoms with van der Waals surface area (Å²) in [6.45, 7) is 1.95. The molecule has 2 aromatic rings. The van der Waals surface area contributed by atoms with Gasteiger partial charge in [0.2, 0.25) is 0 Å². The number of aromatic nitrogens is 2. The van der Waals surface area contributed by atoms with Gasteiger partial charge in [0.25, 0.3) is 5.56 Å². The first-order chi connectivity index (χ1) is 8.58. The van der Waals surface area contributed by atoms with Crippen molar-refractivity contribution in [1.29, 1.82) is 0 Å². The molecule has 0 saturated heterocycles. The minimum Gasteiger partial charge on any atom is -0.392 e. The molecule has 0 bridgehead atoms. The first kappa shape index (κ1) is 12.7. The lowest BCUT2D eigenvalue weighted by Gasteiger charge is -2.06. The van der Waals surface area contributed by atoms with Gasteiger partial charge in [0, 0.05) is 11.0 Å². The predicted molar refractivity (Wildman–Crippen MR) is 70.5 cm³/mol. The molecule has 4 N–H and O–H groups in total. The van der Waals surface area contributed by atoms with Crippen LogP contribution in [0.4, 0.5) is 5.82 Å². The summed E-state index contributed by atoms with van der Waals surface area (Å²) < 4.78 is 0. The summed E-state index contributed by atoms with van der Waals surface area (Å²) in [6, 6.07) is 6.85. The number of hydrogen-bond acceptors (Lipinski definition) is 5. The van der Waals surface area contributed by atoms with Gasteiger partial charge in [0.1, 0.15) is 5.82 Å². The molecule has 1 aromatic heterocycles. The van der Waals surface area contributed by atoms with Crippen molar-refractivity contribution in [3.63, 3.8) is 0 Å². The first-order valence-corrected chi connectivity index (χ1v) is 6.15. The Labute approximate surface area is 108 Å². The van der Waals surface area contributed by atoms with E-state index in [4.69, 9.17) is 10.8 Å². The Balaban J connectivity index is 2.31. The topological polar surface area (TPSA) is 92.0 Å². The highest BCUT2D eigenvalue weighted by Crippen LogP contribution is 2.28. The van der Waals surface area contributed by atoms with Gasteiger partial charge < -0.3 is 15.8 Å². The van der Waals surface area contributed by atoms with Gasteiger partial charge in [0.05, 0.1) is 6.61 Å². The third-order valence-corrected chi connectivity index (χ3v) is 3.43. The van der Waals surface area contributed by atoms with E-state index in [1.165, 1.54) is 17.8 Å². The third kappa shape index (κ3) is 2.91. The summed E-state index contributed by atoms with van der Waals surface area (Å²) in [4.78, 5) is 18.9. The number of aromatic amines is 1. The van der Waals surface area contributed by atoms with E-state index in [1.54, 1.807) is 0 Å². The molecule has 0 aliphatic rings. The molecule has 0 unspecified atom stereocenters. The molecule has 18 heavy (non-hydrogen) atoms. The number of nitrogen functional groups attached to an aromatic ring is 1. The van der Waals surface area contributed by atoms with E-state index in [0.29, 0.717) is 5.16 Å². The zero-order valence-electron chi connectivity index (χ0n) is 9.80. The molecule has 0 saturated carbocycles. The number of benzene rings is 1. The number of nitrogens with zero attached hydrogens (tertiary/aromatic N) is 1. The van der Waals surface area contributed by atoms with Crippen molar-refractivity contribution < 1.29 is 5.11 Å². The number of anilines is 1. The van der Waals surface area contributed by atoms with Gasteiger partial charge in [-0.2, -0.15) is 0 Å². The molecule has 0 fully saturated rings. The zero-order chi connectivity index (χ0) is 13.1. The maximum absolute atomic E-state index is 11.3. The van der Waals surface area contributed by atoms with Crippen molar-refractivity contribution in [2.45, 2.75) is 23.6 Å². The van der Waals surface area contributed by atoms with Gasteiger partial charge in [-0.3, -0.25) is 4.79 Å². The molecular formula is C12H13N3O2S. The van der Waals surface area contributed by atoms with E-state index in [1.807, 2.05) is 25.1 Å². The van der Waals surface area contributed by atoms with E-state index < -0.39 is 0 Å². The van der Waals surface area contributed by atoms with Crippen LogP contribution in [0.3, 0.4) is 0 Å². The molecule has 0 radical (unpaired) electrons. The molecule has 0 atom stereocenters. The summed E-state index contributed by atoms with van der Waals surface area (Å²) in [7, 11) is 0. The van der Waals surface area contributed by atoms with Crippen LogP contribution in [-0.4, -0.2) is 15.1 Å². The second-order valence-electron chi connectivity index (χ2n) is 3.84. The molecule has 2 rings (SSSR count). The number of nitrogens with two attached hydrogens (primary N) is 1. The fraction of sp³-hybridized carbons (Fsp3) is 0.167. The first-order valence-electron chi connectivity index (χ1n) is 5.33. The standard InChI is InChI=1S/C12H13N3O2S/c1-7-4-8(6-16)2-3-9(7)18-12-14-10(13)5-11(17)15-12/h2-5,16H,6H2,1H3,(H3,13,14,15,17). The monoisotopic (exact) mass is 263 g/mol. The van der Waals surface area contributed by atoms with E-state index >= 15 is 0 Å². The Bertz CT molecular complexity index is 625. The minimum atomic E-state index is -0.269. The minimum absolute atomic E-state index is 0.0131. The molecule has 0 amide bonds. The largest absolute Gasteiger partial charge is 0.392 e. The molecular weight excluding hydrogens is 250 g/mol. The quantitative estimate of drug-likeness (QED) is 0.726. The van der Waals surface area contributed by atoms with Crippen LogP contribution < -0.4 is 11.3 Å². The number of aliphatic hydroxyl groups is 1. The second kappa shape index (κ2) is 5.24. The summed E-state index contributed by atoms with van der Waals surface area (Å²) in [5.41, 5.74) is 7.11. The van der Waals surface area contributed by atoms with E-state index in [-0.39, 0.29) is 18.0 Å². The lowest BCUT2D eigenvalue weighted by molar-refractivity contribution is 0.281. The second-order valence-corrected chi connectivity index (χ2v) is 4.87. The summed E-state index contributed by atoms with van der Waals surface area (Å²) in [6.07, 6.45) is 0. The molecule has 0 aliphatic heterocycles. The average Bonchev–Trinajstić information content (AvgIpc) is 2.30. The molecule has 6 heteroatoms. The SMILES string of the molecule is Cc1cc(CO)ccc1Sc1nc(N)cc(=O)[nH]1. The Kier molecular flexibility index (Phi) is 3.69. The van der Waals surface area contributed by atoms with Crippen LogP contribution in [0.2, 0.25) is 0 Å². The van der Waals surface area contributed by atoms with E-state index in [0.717, 1.165) is 16.0 Å². The van der Waals surface area contributed by atoms with Gasteiger partial charge in [-0.25, -0.2) is 4.98 Å². The van der Waals surface area contributed by atoms with Crippen molar-refractivity contribution in [3.8, 4) is 0 Å². The molecule has 0 spiro atoms. The van der Waals surface area contributed by atoms with Crippen molar-refractivity contribution in [3.05, 3.63) is 45.7 Å². The van der Waals surface area contributed by atoms with Crippen LogP contribution in [0.25, 0.3) is 0 Å². The fourth-order valence-corrected chi connectivity index (χ4v) is 2.40. The van der Waals surface area contributed by atoms with Gasteiger partial charge >= 0.3 is 0 Å². The highest BCUT2D eigenvalue weighted by molar-refractivity contribution is 7.99. The number of hydrogen-bond donors (Lipinski definition) is 3. The Morgan fingerprint density at radius 1 is 1.44 bits per heavy atom. The lowest BCUT2D eigenvalue weighted by Crippen LogP contribution is -2.09. The molecule has 0 aliphatic carbocycles. The Morgan fingerprint density at radius 3 is 2.83 bits per heavy atom. The maximum Gasteiger partial charge on any atom is 0.253 e. The maximum atomic E-state index is 11.3. The fourth-order valence-electron chi connectivity index (χ4n) is 1.53. The Morgan fingerprint density at radius 2 is 2.22 bits per heavy atom. The summed E-state index contributed by atoms with van der Waals surface area (Å²) in [5, 5.41) is 9.49.